The highest BCUT2D eigenvalue weighted by molar-refractivity contribution is 5.20. The normalized spacial score (nSPS) is 17.5. The predicted molar refractivity (Wildman–Crippen MR) is 94.9 cm³/mol. The van der Waals surface area contributed by atoms with Crippen molar-refractivity contribution in [2.75, 3.05) is 39.3 Å². The molecule has 2 aromatic rings. The number of hydrogen-bond donors (Lipinski definition) is 1. The van der Waals surface area contributed by atoms with E-state index >= 15 is 0 Å². The summed E-state index contributed by atoms with van der Waals surface area (Å²) >= 11 is 0. The van der Waals surface area contributed by atoms with Crippen molar-refractivity contribution in [1.82, 2.24) is 14.4 Å². The Labute approximate surface area is 146 Å². The molecule has 1 aliphatic rings. The van der Waals surface area contributed by atoms with Crippen molar-refractivity contribution < 1.29 is 9.50 Å². The Kier molecular flexibility index (Phi) is 5.96. The van der Waals surface area contributed by atoms with Gasteiger partial charge in [0.05, 0.1) is 6.10 Å². The Balaban J connectivity index is 1.45. The Bertz CT molecular complexity index is 741. The van der Waals surface area contributed by atoms with Crippen LogP contribution >= 0.6 is 0 Å². The van der Waals surface area contributed by atoms with Crippen LogP contribution in [-0.2, 0) is 6.54 Å². The molecule has 5 nitrogen and oxygen atoms in total. The summed E-state index contributed by atoms with van der Waals surface area (Å²) in [5.74, 6) is -0.359. The maximum atomic E-state index is 13.7. The van der Waals surface area contributed by atoms with E-state index in [-0.39, 0.29) is 11.4 Å². The third-order valence-corrected chi connectivity index (χ3v) is 4.72. The van der Waals surface area contributed by atoms with E-state index in [0.29, 0.717) is 18.7 Å². The smallest absolute Gasteiger partial charge is 0.250 e. The van der Waals surface area contributed by atoms with E-state index in [2.05, 4.69) is 9.80 Å². The number of aliphatic hydroxyl groups excluding tert-OH is 1. The van der Waals surface area contributed by atoms with Crippen molar-refractivity contribution in [2.45, 2.75) is 12.6 Å². The van der Waals surface area contributed by atoms with Crippen LogP contribution < -0.4 is 5.56 Å². The Morgan fingerprint density at radius 3 is 2.36 bits per heavy atom. The molecule has 0 bridgehead atoms. The largest absolute Gasteiger partial charge is 0.387 e. The summed E-state index contributed by atoms with van der Waals surface area (Å²) in [5, 5.41) is 10.3. The molecule has 0 radical (unpaired) electrons. The van der Waals surface area contributed by atoms with Crippen LogP contribution in [0.5, 0.6) is 0 Å². The molecule has 2 heterocycles. The third kappa shape index (κ3) is 4.75. The number of halogens is 1. The second-order valence-electron chi connectivity index (χ2n) is 6.41. The van der Waals surface area contributed by atoms with Gasteiger partial charge in [-0.15, -0.1) is 0 Å². The van der Waals surface area contributed by atoms with E-state index < -0.39 is 6.10 Å². The summed E-state index contributed by atoms with van der Waals surface area (Å²) < 4.78 is 15.5. The highest BCUT2D eigenvalue weighted by Crippen LogP contribution is 2.18. The highest BCUT2D eigenvalue weighted by atomic mass is 19.1. The lowest BCUT2D eigenvalue weighted by Gasteiger charge is -2.35. The number of pyridine rings is 1. The van der Waals surface area contributed by atoms with Gasteiger partial charge in [-0.2, -0.15) is 0 Å². The molecule has 1 aliphatic heterocycles. The molecule has 25 heavy (non-hydrogen) atoms. The highest BCUT2D eigenvalue weighted by Gasteiger charge is 2.21. The standard InChI is InChI=1S/C19H24FN3O2/c20-17-6-2-1-5-16(17)18(24)15-22-11-9-21(10-12-22)13-14-23-8-4-3-7-19(23)25/h1-8,18,24H,9-15H2. The number of aliphatic hydroxyl groups is 1. The minimum Gasteiger partial charge on any atom is -0.387 e. The summed E-state index contributed by atoms with van der Waals surface area (Å²) in [6, 6.07) is 11.6. The molecule has 0 amide bonds. The molecule has 6 heteroatoms. The number of rotatable bonds is 6. The number of aromatic nitrogens is 1. The summed E-state index contributed by atoms with van der Waals surface area (Å²) in [6.45, 7) is 5.36. The summed E-state index contributed by atoms with van der Waals surface area (Å²) in [5.41, 5.74) is 0.377. The van der Waals surface area contributed by atoms with Gasteiger partial charge in [0.15, 0.2) is 0 Å². The van der Waals surface area contributed by atoms with Crippen molar-refractivity contribution in [3.63, 3.8) is 0 Å². The zero-order chi connectivity index (χ0) is 17.6. The molecule has 0 spiro atoms. The van der Waals surface area contributed by atoms with Crippen molar-refractivity contribution in [2.24, 2.45) is 0 Å². The van der Waals surface area contributed by atoms with Gasteiger partial charge in [-0.05, 0) is 12.1 Å². The molecule has 0 aliphatic carbocycles. The number of benzene rings is 1. The lowest BCUT2D eigenvalue weighted by molar-refractivity contribution is 0.0697. The van der Waals surface area contributed by atoms with Gasteiger partial charge in [0.25, 0.3) is 5.56 Å². The maximum Gasteiger partial charge on any atom is 0.250 e. The summed E-state index contributed by atoms with van der Waals surface area (Å²) in [7, 11) is 0. The number of β-amino-alcohol motifs (C(OH)–C–C–N with tert-alkyl or cyclic N) is 1. The fourth-order valence-corrected chi connectivity index (χ4v) is 3.18. The summed E-state index contributed by atoms with van der Waals surface area (Å²) in [4.78, 5) is 16.2. The van der Waals surface area contributed by atoms with Crippen molar-refractivity contribution in [3.8, 4) is 0 Å². The van der Waals surface area contributed by atoms with Gasteiger partial charge in [-0.3, -0.25) is 14.6 Å². The van der Waals surface area contributed by atoms with Crippen LogP contribution in [0, 0.1) is 5.82 Å². The molecular weight excluding hydrogens is 321 g/mol. The second kappa shape index (κ2) is 8.38. The molecule has 1 aromatic carbocycles. The zero-order valence-corrected chi connectivity index (χ0v) is 14.2. The van der Waals surface area contributed by atoms with Gasteiger partial charge in [-0.1, -0.05) is 24.3 Å². The van der Waals surface area contributed by atoms with Crippen LogP contribution in [0.3, 0.4) is 0 Å². The number of piperazine rings is 1. The summed E-state index contributed by atoms with van der Waals surface area (Å²) in [6.07, 6.45) is 0.999. The van der Waals surface area contributed by atoms with Crippen LogP contribution in [0.25, 0.3) is 0 Å². The molecular formula is C19H24FN3O2. The van der Waals surface area contributed by atoms with Gasteiger partial charge in [0.2, 0.25) is 0 Å². The average Bonchev–Trinajstić information content (AvgIpc) is 2.62. The van der Waals surface area contributed by atoms with Crippen LogP contribution in [0.2, 0.25) is 0 Å². The fraction of sp³-hybridized carbons (Fsp3) is 0.421. The fourth-order valence-electron chi connectivity index (χ4n) is 3.18. The molecule has 1 fully saturated rings. The first-order chi connectivity index (χ1) is 12.1. The molecule has 1 unspecified atom stereocenters. The second-order valence-corrected chi connectivity index (χ2v) is 6.41. The Morgan fingerprint density at radius 2 is 1.64 bits per heavy atom. The maximum absolute atomic E-state index is 13.7. The lowest BCUT2D eigenvalue weighted by atomic mass is 10.1. The molecule has 0 saturated carbocycles. The quantitative estimate of drug-likeness (QED) is 0.858. The molecule has 1 atom stereocenters. The average molecular weight is 345 g/mol. The van der Waals surface area contributed by atoms with E-state index in [0.717, 1.165) is 32.7 Å². The van der Waals surface area contributed by atoms with Gasteiger partial charge in [0, 0.05) is 63.6 Å². The van der Waals surface area contributed by atoms with Gasteiger partial charge in [0.1, 0.15) is 5.82 Å². The van der Waals surface area contributed by atoms with Gasteiger partial charge >= 0.3 is 0 Å². The van der Waals surface area contributed by atoms with Crippen molar-refractivity contribution in [1.29, 1.82) is 0 Å². The topological polar surface area (TPSA) is 48.7 Å². The van der Waals surface area contributed by atoms with Crippen molar-refractivity contribution >= 4 is 0 Å². The van der Waals surface area contributed by atoms with E-state index in [1.165, 1.54) is 6.07 Å². The minimum atomic E-state index is -0.810. The van der Waals surface area contributed by atoms with Crippen molar-refractivity contribution in [3.05, 3.63) is 70.4 Å². The van der Waals surface area contributed by atoms with E-state index in [9.17, 15) is 14.3 Å². The molecule has 1 aromatic heterocycles. The molecule has 3 rings (SSSR count). The number of nitrogens with zero attached hydrogens (tertiary/aromatic N) is 3. The van der Waals surface area contributed by atoms with E-state index in [1.807, 2.05) is 12.3 Å². The number of hydrogen-bond acceptors (Lipinski definition) is 4. The molecule has 1 N–H and O–H groups in total. The molecule has 1 saturated heterocycles. The van der Waals surface area contributed by atoms with Crippen LogP contribution in [0.15, 0.2) is 53.5 Å². The third-order valence-electron chi connectivity index (χ3n) is 4.72. The lowest BCUT2D eigenvalue weighted by Crippen LogP contribution is -2.48. The minimum absolute atomic E-state index is 0.0224. The van der Waals surface area contributed by atoms with E-state index in [4.69, 9.17) is 0 Å². The monoisotopic (exact) mass is 345 g/mol. The van der Waals surface area contributed by atoms with Crippen LogP contribution in [-0.4, -0.2) is 58.7 Å². The van der Waals surface area contributed by atoms with Gasteiger partial charge in [-0.25, -0.2) is 4.39 Å². The first kappa shape index (κ1) is 17.8. The van der Waals surface area contributed by atoms with Crippen LogP contribution in [0.1, 0.15) is 11.7 Å². The SMILES string of the molecule is O=c1ccccn1CCN1CCN(CC(O)c2ccccc2F)CC1. The van der Waals surface area contributed by atoms with Crippen LogP contribution in [0.4, 0.5) is 4.39 Å². The molecule has 134 valence electrons. The first-order valence-corrected chi connectivity index (χ1v) is 8.66. The first-order valence-electron chi connectivity index (χ1n) is 8.66. The Hall–Kier alpha value is -2.02. The predicted octanol–water partition coefficient (Wildman–Crippen LogP) is 1.34. The zero-order valence-electron chi connectivity index (χ0n) is 14.2. The van der Waals surface area contributed by atoms with E-state index in [1.54, 1.807) is 34.9 Å². The van der Waals surface area contributed by atoms with Gasteiger partial charge < -0.3 is 9.67 Å². The Morgan fingerprint density at radius 1 is 0.960 bits per heavy atom.